The molecule has 0 aromatic heterocycles. The summed E-state index contributed by atoms with van der Waals surface area (Å²) in [5.74, 6) is 0.716. The van der Waals surface area contributed by atoms with E-state index in [1.54, 1.807) is 6.07 Å². The number of anilines is 3. The maximum Gasteiger partial charge on any atom is 0.243 e. The first kappa shape index (κ1) is 14.3. The SMILES string of the molecule is Cc1ccccc1NC(=O)CN1CCOc2ccc(N)cc21. The molecule has 2 aromatic carbocycles. The monoisotopic (exact) mass is 297 g/mol. The number of nitrogens with one attached hydrogen (secondary N) is 1. The van der Waals surface area contributed by atoms with Crippen LogP contribution < -0.4 is 20.7 Å². The fourth-order valence-electron chi connectivity index (χ4n) is 2.53. The molecule has 1 heterocycles. The normalized spacial score (nSPS) is 13.2. The Balaban J connectivity index is 1.73. The fourth-order valence-corrected chi connectivity index (χ4v) is 2.53. The van der Waals surface area contributed by atoms with Crippen LogP contribution in [0.5, 0.6) is 5.75 Å². The highest BCUT2D eigenvalue weighted by atomic mass is 16.5. The number of nitrogens with two attached hydrogens (primary N) is 1. The molecule has 0 unspecified atom stereocenters. The number of amides is 1. The van der Waals surface area contributed by atoms with Crippen LogP contribution in [0.15, 0.2) is 42.5 Å². The van der Waals surface area contributed by atoms with Gasteiger partial charge in [-0.25, -0.2) is 0 Å². The lowest BCUT2D eigenvalue weighted by Crippen LogP contribution is -2.38. The van der Waals surface area contributed by atoms with Gasteiger partial charge in [-0.05, 0) is 36.8 Å². The maximum atomic E-state index is 12.3. The van der Waals surface area contributed by atoms with Crippen LogP contribution in [-0.2, 0) is 4.79 Å². The number of carbonyl (C=O) groups is 1. The third kappa shape index (κ3) is 2.98. The van der Waals surface area contributed by atoms with Gasteiger partial charge in [0.25, 0.3) is 0 Å². The van der Waals surface area contributed by atoms with E-state index in [4.69, 9.17) is 10.5 Å². The molecule has 22 heavy (non-hydrogen) atoms. The van der Waals surface area contributed by atoms with Gasteiger partial charge < -0.3 is 20.7 Å². The van der Waals surface area contributed by atoms with Crippen LogP contribution in [0.25, 0.3) is 0 Å². The largest absolute Gasteiger partial charge is 0.490 e. The second kappa shape index (κ2) is 5.97. The van der Waals surface area contributed by atoms with Crippen LogP contribution in [0.3, 0.4) is 0 Å². The van der Waals surface area contributed by atoms with Gasteiger partial charge in [0.1, 0.15) is 12.4 Å². The van der Waals surface area contributed by atoms with Crippen molar-refractivity contribution in [2.75, 3.05) is 35.6 Å². The van der Waals surface area contributed by atoms with Crippen molar-refractivity contribution in [1.29, 1.82) is 0 Å². The van der Waals surface area contributed by atoms with Crippen LogP contribution in [0.4, 0.5) is 17.1 Å². The van der Waals surface area contributed by atoms with Crippen molar-refractivity contribution >= 4 is 23.0 Å². The minimum absolute atomic E-state index is 0.0513. The highest BCUT2D eigenvalue weighted by Crippen LogP contribution is 2.33. The van der Waals surface area contributed by atoms with E-state index in [2.05, 4.69) is 5.32 Å². The lowest BCUT2D eigenvalue weighted by atomic mass is 10.2. The number of aryl methyl sites for hydroxylation is 1. The molecular formula is C17H19N3O2. The minimum atomic E-state index is -0.0513. The molecule has 114 valence electrons. The van der Waals surface area contributed by atoms with E-state index in [0.717, 1.165) is 22.7 Å². The molecule has 5 heteroatoms. The Bertz CT molecular complexity index is 700. The molecule has 5 nitrogen and oxygen atoms in total. The Morgan fingerprint density at radius 3 is 2.95 bits per heavy atom. The number of ether oxygens (including phenoxy) is 1. The first-order valence-corrected chi connectivity index (χ1v) is 7.26. The molecule has 0 spiro atoms. The standard InChI is InChI=1S/C17H19N3O2/c1-12-4-2-3-5-14(12)19-17(21)11-20-8-9-22-16-7-6-13(18)10-15(16)20/h2-7,10H,8-9,11,18H2,1H3,(H,19,21). The second-order valence-corrected chi connectivity index (χ2v) is 5.36. The van der Waals surface area contributed by atoms with Crippen molar-refractivity contribution in [2.45, 2.75) is 6.92 Å². The second-order valence-electron chi connectivity index (χ2n) is 5.36. The Kier molecular flexibility index (Phi) is 3.87. The molecule has 0 radical (unpaired) electrons. The van der Waals surface area contributed by atoms with Gasteiger partial charge in [-0.3, -0.25) is 4.79 Å². The average molecular weight is 297 g/mol. The van der Waals surface area contributed by atoms with Crippen molar-refractivity contribution in [1.82, 2.24) is 0 Å². The first-order chi connectivity index (χ1) is 10.6. The van der Waals surface area contributed by atoms with Crippen molar-refractivity contribution in [3.8, 4) is 5.75 Å². The third-order valence-electron chi connectivity index (χ3n) is 3.70. The Labute approximate surface area is 129 Å². The smallest absolute Gasteiger partial charge is 0.243 e. The van der Waals surface area contributed by atoms with E-state index in [1.807, 2.05) is 48.2 Å². The summed E-state index contributed by atoms with van der Waals surface area (Å²) in [4.78, 5) is 14.3. The first-order valence-electron chi connectivity index (χ1n) is 7.26. The molecule has 0 atom stereocenters. The van der Waals surface area contributed by atoms with Gasteiger partial charge in [0.2, 0.25) is 5.91 Å². The quantitative estimate of drug-likeness (QED) is 0.854. The van der Waals surface area contributed by atoms with Crippen LogP contribution in [0, 0.1) is 6.92 Å². The summed E-state index contributed by atoms with van der Waals surface area (Å²) in [5.41, 5.74) is 9.25. The number of benzene rings is 2. The van der Waals surface area contributed by atoms with E-state index < -0.39 is 0 Å². The average Bonchev–Trinajstić information content (AvgIpc) is 2.50. The number of rotatable bonds is 3. The molecule has 1 amide bonds. The molecule has 3 N–H and O–H groups in total. The Hall–Kier alpha value is -2.69. The van der Waals surface area contributed by atoms with E-state index >= 15 is 0 Å². The Morgan fingerprint density at radius 2 is 2.14 bits per heavy atom. The van der Waals surface area contributed by atoms with Crippen LogP contribution in [0.1, 0.15) is 5.56 Å². The molecular weight excluding hydrogens is 278 g/mol. The summed E-state index contributed by atoms with van der Waals surface area (Å²) in [5, 5.41) is 2.95. The lowest BCUT2D eigenvalue weighted by Gasteiger charge is -2.31. The van der Waals surface area contributed by atoms with Crippen molar-refractivity contribution < 1.29 is 9.53 Å². The molecule has 3 rings (SSSR count). The highest BCUT2D eigenvalue weighted by Gasteiger charge is 2.20. The van der Waals surface area contributed by atoms with E-state index in [9.17, 15) is 4.79 Å². The fraction of sp³-hybridized carbons (Fsp3) is 0.235. The van der Waals surface area contributed by atoms with Gasteiger partial charge in [0.05, 0.1) is 18.8 Å². The molecule has 0 saturated carbocycles. The van der Waals surface area contributed by atoms with E-state index in [-0.39, 0.29) is 12.5 Å². The third-order valence-corrected chi connectivity index (χ3v) is 3.70. The van der Waals surface area contributed by atoms with Crippen LogP contribution in [0.2, 0.25) is 0 Å². The van der Waals surface area contributed by atoms with Gasteiger partial charge in [-0.1, -0.05) is 18.2 Å². The summed E-state index contributed by atoms with van der Waals surface area (Å²) in [6.07, 6.45) is 0. The molecule has 0 saturated heterocycles. The number of nitrogen functional groups attached to an aromatic ring is 1. The van der Waals surface area contributed by atoms with Crippen molar-refractivity contribution in [3.63, 3.8) is 0 Å². The molecule has 0 bridgehead atoms. The predicted octanol–water partition coefficient (Wildman–Crippen LogP) is 2.41. The summed E-state index contributed by atoms with van der Waals surface area (Å²) >= 11 is 0. The van der Waals surface area contributed by atoms with Gasteiger partial charge >= 0.3 is 0 Å². The van der Waals surface area contributed by atoms with Crippen molar-refractivity contribution in [2.24, 2.45) is 0 Å². The Morgan fingerprint density at radius 1 is 1.32 bits per heavy atom. The van der Waals surface area contributed by atoms with Gasteiger partial charge in [0, 0.05) is 11.4 Å². The number of hydrogen-bond acceptors (Lipinski definition) is 4. The number of para-hydroxylation sites is 1. The summed E-state index contributed by atoms with van der Waals surface area (Å²) in [6, 6.07) is 13.2. The molecule has 0 fully saturated rings. The van der Waals surface area contributed by atoms with Gasteiger partial charge in [-0.15, -0.1) is 0 Å². The zero-order valence-corrected chi connectivity index (χ0v) is 12.5. The van der Waals surface area contributed by atoms with E-state index in [0.29, 0.717) is 18.8 Å². The van der Waals surface area contributed by atoms with Gasteiger partial charge in [0.15, 0.2) is 0 Å². The van der Waals surface area contributed by atoms with Gasteiger partial charge in [-0.2, -0.15) is 0 Å². The summed E-state index contributed by atoms with van der Waals surface area (Å²) in [6.45, 7) is 3.47. The van der Waals surface area contributed by atoms with Crippen LogP contribution in [-0.4, -0.2) is 25.6 Å². The van der Waals surface area contributed by atoms with Crippen LogP contribution >= 0.6 is 0 Å². The number of fused-ring (bicyclic) bond motifs is 1. The maximum absolute atomic E-state index is 12.3. The zero-order valence-electron chi connectivity index (χ0n) is 12.5. The van der Waals surface area contributed by atoms with E-state index in [1.165, 1.54) is 0 Å². The molecule has 1 aliphatic heterocycles. The molecule has 1 aliphatic rings. The summed E-state index contributed by atoms with van der Waals surface area (Å²) in [7, 11) is 0. The number of hydrogen-bond donors (Lipinski definition) is 2. The number of nitrogens with zero attached hydrogens (tertiary/aromatic N) is 1. The molecule has 2 aromatic rings. The highest BCUT2D eigenvalue weighted by molar-refractivity contribution is 5.95. The predicted molar refractivity (Wildman–Crippen MR) is 88.4 cm³/mol. The lowest BCUT2D eigenvalue weighted by molar-refractivity contribution is -0.115. The zero-order chi connectivity index (χ0) is 15.5. The summed E-state index contributed by atoms with van der Waals surface area (Å²) < 4.78 is 5.60. The minimum Gasteiger partial charge on any atom is -0.490 e. The van der Waals surface area contributed by atoms with Crippen molar-refractivity contribution in [3.05, 3.63) is 48.0 Å². The topological polar surface area (TPSA) is 67.6 Å². The number of carbonyl (C=O) groups excluding carboxylic acids is 1. The molecule has 0 aliphatic carbocycles.